The van der Waals surface area contributed by atoms with Gasteiger partial charge in [-0.3, -0.25) is 4.79 Å². The van der Waals surface area contributed by atoms with E-state index in [1.165, 1.54) is 30.4 Å². The molecule has 98 valence electrons. The van der Waals surface area contributed by atoms with Crippen molar-refractivity contribution in [1.82, 2.24) is 5.32 Å². The summed E-state index contributed by atoms with van der Waals surface area (Å²) in [6.45, 7) is 4.95. The van der Waals surface area contributed by atoms with Crippen molar-refractivity contribution in [2.75, 3.05) is 6.54 Å². The molecular weight excluding hydrogens is 222 g/mol. The van der Waals surface area contributed by atoms with Gasteiger partial charge >= 0.3 is 0 Å². The highest BCUT2D eigenvalue weighted by atomic mass is 16.1. The van der Waals surface area contributed by atoms with Gasteiger partial charge < -0.3 is 5.32 Å². The molecule has 1 atom stereocenters. The Balaban J connectivity index is 1.93. The summed E-state index contributed by atoms with van der Waals surface area (Å²) in [6, 6.07) is 8.65. The molecule has 2 rings (SSSR count). The van der Waals surface area contributed by atoms with Crippen LogP contribution in [0.4, 0.5) is 0 Å². The predicted octanol–water partition coefficient (Wildman–Crippen LogP) is 3.27. The van der Waals surface area contributed by atoms with E-state index in [9.17, 15) is 4.79 Å². The maximum atomic E-state index is 11.7. The minimum atomic E-state index is 0.188. The molecule has 1 unspecified atom stereocenters. The van der Waals surface area contributed by atoms with Gasteiger partial charge in [0.2, 0.25) is 5.91 Å². The Labute approximate surface area is 110 Å². The van der Waals surface area contributed by atoms with Crippen molar-refractivity contribution in [2.24, 2.45) is 5.92 Å². The zero-order valence-electron chi connectivity index (χ0n) is 11.4. The van der Waals surface area contributed by atoms with Gasteiger partial charge in [-0.25, -0.2) is 0 Å². The molecule has 2 heteroatoms. The molecule has 0 bridgehead atoms. The second-order valence-corrected chi connectivity index (χ2v) is 5.69. The fourth-order valence-corrected chi connectivity index (χ4v) is 2.75. The third-order valence-corrected chi connectivity index (χ3v) is 3.63. The molecule has 1 aliphatic carbocycles. The second-order valence-electron chi connectivity index (χ2n) is 5.69. The van der Waals surface area contributed by atoms with E-state index in [4.69, 9.17) is 0 Å². The van der Waals surface area contributed by atoms with Gasteiger partial charge in [0.15, 0.2) is 0 Å². The molecule has 1 amide bonds. The largest absolute Gasteiger partial charge is 0.355 e. The predicted molar refractivity (Wildman–Crippen MR) is 74.6 cm³/mol. The van der Waals surface area contributed by atoms with E-state index in [0.717, 1.165) is 6.54 Å². The molecule has 1 aliphatic rings. The van der Waals surface area contributed by atoms with Crippen LogP contribution >= 0.6 is 0 Å². The van der Waals surface area contributed by atoms with Crippen molar-refractivity contribution in [1.29, 1.82) is 0 Å². The van der Waals surface area contributed by atoms with Crippen molar-refractivity contribution in [3.05, 3.63) is 35.4 Å². The maximum Gasteiger partial charge on any atom is 0.220 e. The van der Waals surface area contributed by atoms with Crippen molar-refractivity contribution >= 4 is 5.91 Å². The topological polar surface area (TPSA) is 29.1 Å². The molecule has 0 radical (unpaired) electrons. The molecular formula is C16H23NO. The minimum Gasteiger partial charge on any atom is -0.355 e. The van der Waals surface area contributed by atoms with Crippen LogP contribution in [0.3, 0.4) is 0 Å². The number of carbonyl (C=O) groups excluding carboxylic acids is 1. The van der Waals surface area contributed by atoms with Crippen LogP contribution in [0.15, 0.2) is 24.3 Å². The van der Waals surface area contributed by atoms with Crippen LogP contribution in [-0.2, 0) is 11.2 Å². The number of aryl methyl sites for hydroxylation is 1. The molecule has 0 fully saturated rings. The number of amides is 1. The SMILES string of the molecule is CC(C)CC(=O)NCC1CCCc2ccccc21. The van der Waals surface area contributed by atoms with Crippen LogP contribution in [-0.4, -0.2) is 12.5 Å². The molecule has 18 heavy (non-hydrogen) atoms. The molecule has 1 aromatic carbocycles. The average Bonchev–Trinajstić information content (AvgIpc) is 2.35. The average molecular weight is 245 g/mol. The molecule has 0 saturated heterocycles. The quantitative estimate of drug-likeness (QED) is 0.866. The molecule has 2 nitrogen and oxygen atoms in total. The van der Waals surface area contributed by atoms with Gasteiger partial charge in [-0.15, -0.1) is 0 Å². The van der Waals surface area contributed by atoms with E-state index >= 15 is 0 Å². The fraction of sp³-hybridized carbons (Fsp3) is 0.562. The summed E-state index contributed by atoms with van der Waals surface area (Å²) in [4.78, 5) is 11.7. The summed E-state index contributed by atoms with van der Waals surface area (Å²) in [5.74, 6) is 1.13. The first-order chi connectivity index (χ1) is 8.66. The van der Waals surface area contributed by atoms with Gasteiger partial charge in [-0.2, -0.15) is 0 Å². The van der Waals surface area contributed by atoms with Crippen LogP contribution in [0.2, 0.25) is 0 Å². The van der Waals surface area contributed by atoms with E-state index in [-0.39, 0.29) is 5.91 Å². The summed E-state index contributed by atoms with van der Waals surface area (Å²) in [5.41, 5.74) is 2.90. The normalized spacial score (nSPS) is 18.5. The van der Waals surface area contributed by atoms with E-state index in [0.29, 0.717) is 18.3 Å². The lowest BCUT2D eigenvalue weighted by Crippen LogP contribution is -2.30. The molecule has 1 N–H and O–H groups in total. The first-order valence-corrected chi connectivity index (χ1v) is 7.01. The Morgan fingerprint density at radius 1 is 1.39 bits per heavy atom. The Kier molecular flexibility index (Phi) is 4.40. The van der Waals surface area contributed by atoms with Gasteiger partial charge in [0, 0.05) is 18.9 Å². The Hall–Kier alpha value is -1.31. The third kappa shape index (κ3) is 3.34. The Morgan fingerprint density at radius 3 is 2.94 bits per heavy atom. The lowest BCUT2D eigenvalue weighted by atomic mass is 9.83. The zero-order chi connectivity index (χ0) is 13.0. The van der Waals surface area contributed by atoms with Crippen molar-refractivity contribution in [2.45, 2.75) is 45.4 Å². The lowest BCUT2D eigenvalue weighted by Gasteiger charge is -2.25. The van der Waals surface area contributed by atoms with Crippen molar-refractivity contribution in [3.8, 4) is 0 Å². The van der Waals surface area contributed by atoms with E-state index < -0.39 is 0 Å². The lowest BCUT2D eigenvalue weighted by molar-refractivity contribution is -0.121. The summed E-state index contributed by atoms with van der Waals surface area (Å²) >= 11 is 0. The van der Waals surface area contributed by atoms with Crippen LogP contribution < -0.4 is 5.32 Å². The maximum absolute atomic E-state index is 11.7. The third-order valence-electron chi connectivity index (χ3n) is 3.63. The molecule has 1 aromatic rings. The number of benzene rings is 1. The Morgan fingerprint density at radius 2 is 2.17 bits per heavy atom. The number of fused-ring (bicyclic) bond motifs is 1. The van der Waals surface area contributed by atoms with Crippen LogP contribution in [0.5, 0.6) is 0 Å². The van der Waals surface area contributed by atoms with Crippen LogP contribution in [0, 0.1) is 5.92 Å². The van der Waals surface area contributed by atoms with Gasteiger partial charge in [0.1, 0.15) is 0 Å². The van der Waals surface area contributed by atoms with Gasteiger partial charge in [0.25, 0.3) is 0 Å². The summed E-state index contributed by atoms with van der Waals surface area (Å²) in [5, 5.41) is 3.09. The number of hydrogen-bond donors (Lipinski definition) is 1. The monoisotopic (exact) mass is 245 g/mol. The second kappa shape index (κ2) is 6.03. The van der Waals surface area contributed by atoms with E-state index in [1.54, 1.807) is 0 Å². The number of carbonyl (C=O) groups is 1. The first-order valence-electron chi connectivity index (χ1n) is 7.01. The molecule has 0 saturated carbocycles. The molecule has 0 heterocycles. The standard InChI is InChI=1S/C16H23NO/c1-12(2)10-16(18)17-11-14-8-5-7-13-6-3-4-9-15(13)14/h3-4,6,9,12,14H,5,7-8,10-11H2,1-2H3,(H,17,18). The van der Waals surface area contributed by atoms with Crippen LogP contribution in [0.25, 0.3) is 0 Å². The summed E-state index contributed by atoms with van der Waals surface area (Å²) in [7, 11) is 0. The van der Waals surface area contributed by atoms with Crippen molar-refractivity contribution < 1.29 is 4.79 Å². The molecule has 0 aliphatic heterocycles. The number of hydrogen-bond acceptors (Lipinski definition) is 1. The van der Waals surface area contributed by atoms with Gasteiger partial charge in [-0.1, -0.05) is 38.1 Å². The molecule has 0 aromatic heterocycles. The minimum absolute atomic E-state index is 0.188. The highest BCUT2D eigenvalue weighted by Crippen LogP contribution is 2.30. The van der Waals surface area contributed by atoms with Crippen molar-refractivity contribution in [3.63, 3.8) is 0 Å². The zero-order valence-corrected chi connectivity index (χ0v) is 11.4. The molecule has 0 spiro atoms. The van der Waals surface area contributed by atoms with E-state index in [1.807, 2.05) is 0 Å². The van der Waals surface area contributed by atoms with Crippen LogP contribution in [0.1, 0.15) is 50.2 Å². The number of rotatable bonds is 4. The summed E-state index contributed by atoms with van der Waals surface area (Å²) < 4.78 is 0. The van der Waals surface area contributed by atoms with Gasteiger partial charge in [-0.05, 0) is 36.3 Å². The highest BCUT2D eigenvalue weighted by Gasteiger charge is 2.20. The van der Waals surface area contributed by atoms with E-state index in [2.05, 4.69) is 43.4 Å². The summed E-state index contributed by atoms with van der Waals surface area (Å²) in [6.07, 6.45) is 4.25. The number of nitrogens with one attached hydrogen (secondary N) is 1. The Bertz CT molecular complexity index is 411. The highest BCUT2D eigenvalue weighted by molar-refractivity contribution is 5.76. The fourth-order valence-electron chi connectivity index (χ4n) is 2.75. The first kappa shape index (κ1) is 13.1. The van der Waals surface area contributed by atoms with Gasteiger partial charge in [0.05, 0.1) is 0 Å². The smallest absolute Gasteiger partial charge is 0.220 e.